The lowest BCUT2D eigenvalue weighted by Gasteiger charge is -2.29. The Morgan fingerprint density at radius 3 is 2.25 bits per heavy atom. The number of aliphatic hydroxyl groups is 1. The highest BCUT2D eigenvalue weighted by atomic mass is 32.2. The molecule has 3 aromatic rings. The average molecular weight is 568 g/mol. The number of pyridine rings is 1. The molecule has 2 aliphatic rings. The molecule has 0 radical (unpaired) electrons. The van der Waals surface area contributed by atoms with Gasteiger partial charge < -0.3 is 9.84 Å². The van der Waals surface area contributed by atoms with Gasteiger partial charge in [-0.2, -0.15) is 8.42 Å². The second-order valence-electron chi connectivity index (χ2n) is 11.9. The van der Waals surface area contributed by atoms with Gasteiger partial charge in [-0.25, -0.2) is 4.39 Å². The molecule has 0 saturated heterocycles. The number of rotatable bonds is 6. The van der Waals surface area contributed by atoms with Crippen LogP contribution in [-0.2, 0) is 28.6 Å². The first-order valence-corrected chi connectivity index (χ1v) is 15.6. The number of halogens is 1. The van der Waals surface area contributed by atoms with E-state index in [-0.39, 0.29) is 16.6 Å². The fourth-order valence-electron chi connectivity index (χ4n) is 6.31. The molecule has 2 aromatic carbocycles. The van der Waals surface area contributed by atoms with E-state index in [4.69, 9.17) is 9.72 Å². The lowest BCUT2D eigenvalue weighted by molar-refractivity contribution is 0.0786. The van der Waals surface area contributed by atoms with Gasteiger partial charge in [-0.15, -0.1) is 0 Å². The quantitative estimate of drug-likeness (QED) is 0.296. The molecule has 2 N–H and O–H groups in total. The highest BCUT2D eigenvalue weighted by molar-refractivity contribution is 7.86. The van der Waals surface area contributed by atoms with Gasteiger partial charge >= 0.3 is 0 Å². The monoisotopic (exact) mass is 567 g/mol. The van der Waals surface area contributed by atoms with Crippen molar-refractivity contribution >= 4 is 10.1 Å². The number of nitrogens with zero attached hydrogens (tertiary/aromatic N) is 1. The van der Waals surface area contributed by atoms with Crippen LogP contribution in [-0.4, -0.2) is 23.1 Å². The van der Waals surface area contributed by atoms with Crippen molar-refractivity contribution in [2.45, 2.75) is 102 Å². The van der Waals surface area contributed by atoms with Crippen molar-refractivity contribution in [3.63, 3.8) is 0 Å². The van der Waals surface area contributed by atoms with Gasteiger partial charge in [0.2, 0.25) is 0 Å². The Hall–Kier alpha value is -2.81. The first-order chi connectivity index (χ1) is 18.8. The molecule has 1 saturated carbocycles. The van der Waals surface area contributed by atoms with E-state index in [9.17, 15) is 22.5 Å². The molecular formula is C32H38FNO5S. The molecular weight excluding hydrogens is 529 g/mol. The number of aromatic nitrogens is 1. The minimum absolute atomic E-state index is 0.0694. The van der Waals surface area contributed by atoms with Crippen LogP contribution in [0.3, 0.4) is 0 Å². The largest absolute Gasteiger partial charge is 0.456 e. The van der Waals surface area contributed by atoms with Crippen molar-refractivity contribution in [1.82, 2.24) is 4.98 Å². The molecule has 0 amide bonds. The molecule has 40 heavy (non-hydrogen) atoms. The fraction of sp³-hybridized carbons (Fsp3) is 0.469. The Morgan fingerprint density at radius 1 is 0.975 bits per heavy atom. The third kappa shape index (κ3) is 5.67. The van der Waals surface area contributed by atoms with E-state index in [0.717, 1.165) is 62.6 Å². The van der Waals surface area contributed by atoms with Crippen molar-refractivity contribution in [3.05, 3.63) is 69.8 Å². The molecule has 8 heteroatoms. The molecule has 0 atom stereocenters. The zero-order valence-corrected chi connectivity index (χ0v) is 24.5. The summed E-state index contributed by atoms with van der Waals surface area (Å²) in [6.45, 7) is 6.85. The van der Waals surface area contributed by atoms with Crippen LogP contribution in [0, 0.1) is 19.7 Å². The summed E-state index contributed by atoms with van der Waals surface area (Å²) >= 11 is 0. The topological polar surface area (TPSA) is 96.7 Å². The SMILES string of the molecule is Cc1cc(F)cc(C)c1Oc1ccc(C(C)(C)O)cc1-c1c2c(nc(C3CCCCC3)c1S(=O)(=O)O)CCCC2. The number of hydrogen-bond donors (Lipinski definition) is 2. The van der Waals surface area contributed by atoms with Crippen LogP contribution < -0.4 is 4.74 Å². The van der Waals surface area contributed by atoms with Gasteiger partial charge in [0.25, 0.3) is 10.1 Å². The van der Waals surface area contributed by atoms with Gasteiger partial charge in [-0.05, 0) is 113 Å². The fourth-order valence-corrected chi connectivity index (χ4v) is 7.27. The Bertz CT molecular complexity index is 1530. The Morgan fingerprint density at radius 2 is 1.62 bits per heavy atom. The third-order valence-corrected chi connectivity index (χ3v) is 9.23. The van der Waals surface area contributed by atoms with E-state index in [1.807, 2.05) is 0 Å². The van der Waals surface area contributed by atoms with Gasteiger partial charge in [0.05, 0.1) is 11.3 Å². The Kier molecular flexibility index (Phi) is 7.81. The molecule has 2 aliphatic carbocycles. The summed E-state index contributed by atoms with van der Waals surface area (Å²) < 4.78 is 57.8. The van der Waals surface area contributed by atoms with Crippen molar-refractivity contribution in [2.24, 2.45) is 0 Å². The first-order valence-electron chi connectivity index (χ1n) is 14.2. The minimum Gasteiger partial charge on any atom is -0.456 e. The zero-order valence-electron chi connectivity index (χ0n) is 23.7. The maximum atomic E-state index is 14.1. The molecule has 214 valence electrons. The van der Waals surface area contributed by atoms with Crippen LogP contribution >= 0.6 is 0 Å². The third-order valence-electron chi connectivity index (χ3n) is 8.30. The van der Waals surface area contributed by atoms with Gasteiger partial charge in [0, 0.05) is 22.7 Å². The van der Waals surface area contributed by atoms with Crippen LogP contribution in [0.5, 0.6) is 11.5 Å². The van der Waals surface area contributed by atoms with E-state index >= 15 is 0 Å². The smallest absolute Gasteiger partial charge is 0.296 e. The molecule has 6 nitrogen and oxygen atoms in total. The van der Waals surface area contributed by atoms with Crippen LogP contribution in [0.4, 0.5) is 4.39 Å². The molecule has 0 bridgehead atoms. The summed E-state index contributed by atoms with van der Waals surface area (Å²) in [6.07, 6.45) is 7.85. The van der Waals surface area contributed by atoms with Crippen molar-refractivity contribution in [2.75, 3.05) is 0 Å². The summed E-state index contributed by atoms with van der Waals surface area (Å²) in [4.78, 5) is 4.79. The number of aryl methyl sites for hydroxylation is 3. The summed E-state index contributed by atoms with van der Waals surface area (Å²) in [5.41, 5.74) is 3.53. The lowest BCUT2D eigenvalue weighted by Crippen LogP contribution is -2.20. The summed E-state index contributed by atoms with van der Waals surface area (Å²) in [6, 6.07) is 8.01. The van der Waals surface area contributed by atoms with Gasteiger partial charge in [-0.1, -0.05) is 25.3 Å². The summed E-state index contributed by atoms with van der Waals surface area (Å²) in [7, 11) is -4.69. The van der Waals surface area contributed by atoms with Crippen LogP contribution in [0.1, 0.15) is 98.4 Å². The van der Waals surface area contributed by atoms with Crippen molar-refractivity contribution in [1.29, 1.82) is 0 Å². The van der Waals surface area contributed by atoms with Crippen molar-refractivity contribution < 1.29 is 27.2 Å². The highest BCUT2D eigenvalue weighted by Gasteiger charge is 2.35. The predicted octanol–water partition coefficient (Wildman–Crippen LogP) is 7.70. The zero-order chi connectivity index (χ0) is 28.8. The highest BCUT2D eigenvalue weighted by Crippen LogP contribution is 2.47. The Labute approximate surface area is 236 Å². The number of fused-ring (bicyclic) bond motifs is 1. The second-order valence-corrected chi connectivity index (χ2v) is 13.2. The second kappa shape index (κ2) is 10.9. The van der Waals surface area contributed by atoms with Crippen LogP contribution in [0.25, 0.3) is 11.1 Å². The molecule has 0 unspecified atom stereocenters. The van der Waals surface area contributed by atoms with Gasteiger partial charge in [0.15, 0.2) is 0 Å². The normalized spacial score (nSPS) is 16.6. The number of ether oxygens (including phenoxy) is 1. The number of hydrogen-bond acceptors (Lipinski definition) is 5. The average Bonchev–Trinajstić information content (AvgIpc) is 2.89. The molecule has 0 spiro atoms. The van der Waals surface area contributed by atoms with Crippen LogP contribution in [0.15, 0.2) is 35.2 Å². The molecule has 1 fully saturated rings. The molecule has 5 rings (SSSR count). The van der Waals surface area contributed by atoms with Crippen molar-refractivity contribution in [3.8, 4) is 22.6 Å². The number of benzene rings is 2. The molecule has 0 aliphatic heterocycles. The van der Waals surface area contributed by atoms with Gasteiger partial charge in [-0.3, -0.25) is 9.54 Å². The lowest BCUT2D eigenvalue weighted by atomic mass is 9.82. The maximum absolute atomic E-state index is 14.1. The standard InChI is InChI=1S/C32H38FNO5S/c1-19-16-23(33)17-20(2)30(19)39-27-15-14-22(32(3,4)35)18-25(27)28-24-12-8-9-13-26(24)34-29(31(28)40(36,37)38)21-10-6-5-7-11-21/h14-18,21,35H,5-13H2,1-4H3,(H,36,37,38). The molecule has 1 heterocycles. The molecule has 1 aromatic heterocycles. The van der Waals surface area contributed by atoms with E-state index in [2.05, 4.69) is 0 Å². The summed E-state index contributed by atoms with van der Waals surface area (Å²) in [5, 5.41) is 10.9. The summed E-state index contributed by atoms with van der Waals surface area (Å²) in [5.74, 6) is 0.403. The van der Waals surface area contributed by atoms with E-state index in [0.29, 0.717) is 51.4 Å². The van der Waals surface area contributed by atoms with E-state index in [1.54, 1.807) is 45.9 Å². The Balaban J connectivity index is 1.85. The predicted molar refractivity (Wildman–Crippen MR) is 153 cm³/mol. The first kappa shape index (κ1) is 28.7. The van der Waals surface area contributed by atoms with E-state index in [1.165, 1.54) is 12.1 Å². The maximum Gasteiger partial charge on any atom is 0.296 e. The van der Waals surface area contributed by atoms with Crippen LogP contribution in [0.2, 0.25) is 0 Å². The van der Waals surface area contributed by atoms with E-state index < -0.39 is 15.7 Å². The minimum atomic E-state index is -4.69. The van der Waals surface area contributed by atoms with Gasteiger partial charge in [0.1, 0.15) is 22.2 Å².